The van der Waals surface area contributed by atoms with Gasteiger partial charge in [0.2, 0.25) is 11.7 Å². The third kappa shape index (κ3) is 3.45. The molecule has 0 aliphatic heterocycles. The second-order valence-electron chi connectivity index (χ2n) is 4.85. The Bertz CT molecular complexity index is 970. The Morgan fingerprint density at radius 2 is 1.96 bits per heavy atom. The molecule has 0 saturated carbocycles. The minimum Gasteiger partial charge on any atom is -0.493 e. The SMILES string of the molecule is COc1ccc(-c2noc(Cn3ncc(Cl)c(Cl)c3=O)n2)cc1OC. The molecular weight excluding hydrogens is 371 g/mol. The number of nitrogens with zero attached hydrogens (tertiary/aromatic N) is 4. The Balaban J connectivity index is 1.88. The van der Waals surface area contributed by atoms with E-state index in [1.807, 2.05) is 0 Å². The average molecular weight is 383 g/mol. The van der Waals surface area contributed by atoms with Crippen LogP contribution >= 0.6 is 23.2 Å². The van der Waals surface area contributed by atoms with Gasteiger partial charge in [-0.15, -0.1) is 0 Å². The molecule has 0 aliphatic carbocycles. The van der Waals surface area contributed by atoms with Crippen LogP contribution in [0.5, 0.6) is 11.5 Å². The fourth-order valence-corrected chi connectivity index (χ4v) is 2.37. The van der Waals surface area contributed by atoms with E-state index in [4.69, 9.17) is 37.2 Å². The highest BCUT2D eigenvalue weighted by Gasteiger charge is 2.14. The molecule has 10 heteroatoms. The molecule has 130 valence electrons. The summed E-state index contributed by atoms with van der Waals surface area (Å²) in [6.45, 7) is -0.0317. The lowest BCUT2D eigenvalue weighted by molar-refractivity contribution is 0.355. The number of methoxy groups -OCH3 is 2. The molecule has 3 rings (SSSR count). The summed E-state index contributed by atoms with van der Waals surface area (Å²) in [5.74, 6) is 1.65. The zero-order chi connectivity index (χ0) is 18.0. The van der Waals surface area contributed by atoms with Crippen LogP contribution in [-0.4, -0.2) is 34.1 Å². The summed E-state index contributed by atoms with van der Waals surface area (Å²) in [6, 6.07) is 5.21. The molecule has 0 atom stereocenters. The van der Waals surface area contributed by atoms with E-state index in [1.165, 1.54) is 13.3 Å². The Labute approximate surface area is 151 Å². The number of halogens is 2. The molecule has 2 aromatic heterocycles. The molecule has 8 nitrogen and oxygen atoms in total. The lowest BCUT2D eigenvalue weighted by Crippen LogP contribution is -2.23. The van der Waals surface area contributed by atoms with Crippen LogP contribution in [0.2, 0.25) is 10.0 Å². The van der Waals surface area contributed by atoms with Crippen molar-refractivity contribution in [3.63, 3.8) is 0 Å². The Hall–Kier alpha value is -2.58. The van der Waals surface area contributed by atoms with Crippen molar-refractivity contribution in [2.75, 3.05) is 14.2 Å². The van der Waals surface area contributed by atoms with E-state index >= 15 is 0 Å². The van der Waals surface area contributed by atoms with Crippen molar-refractivity contribution in [3.05, 3.63) is 50.7 Å². The van der Waals surface area contributed by atoms with Crippen LogP contribution < -0.4 is 15.0 Å². The zero-order valence-electron chi connectivity index (χ0n) is 13.2. The van der Waals surface area contributed by atoms with Crippen molar-refractivity contribution in [1.29, 1.82) is 0 Å². The first-order valence-electron chi connectivity index (χ1n) is 6.99. The monoisotopic (exact) mass is 382 g/mol. The lowest BCUT2D eigenvalue weighted by Gasteiger charge is -2.07. The maximum Gasteiger partial charge on any atom is 0.287 e. The van der Waals surface area contributed by atoms with Crippen molar-refractivity contribution in [2.45, 2.75) is 6.54 Å². The molecule has 1 aromatic carbocycles. The van der Waals surface area contributed by atoms with E-state index in [0.717, 1.165) is 4.68 Å². The third-order valence-corrected chi connectivity index (χ3v) is 4.09. The van der Waals surface area contributed by atoms with Crippen molar-refractivity contribution < 1.29 is 14.0 Å². The Morgan fingerprint density at radius 1 is 1.20 bits per heavy atom. The van der Waals surface area contributed by atoms with E-state index in [0.29, 0.717) is 22.9 Å². The van der Waals surface area contributed by atoms with Crippen molar-refractivity contribution >= 4 is 23.2 Å². The summed E-state index contributed by atoms with van der Waals surface area (Å²) in [7, 11) is 3.08. The third-order valence-electron chi connectivity index (χ3n) is 3.34. The van der Waals surface area contributed by atoms with E-state index in [-0.39, 0.29) is 22.5 Å². The maximum atomic E-state index is 12.0. The molecular formula is C15H12Cl2N4O4. The largest absolute Gasteiger partial charge is 0.493 e. The van der Waals surface area contributed by atoms with Gasteiger partial charge >= 0.3 is 0 Å². The van der Waals surface area contributed by atoms with E-state index in [2.05, 4.69) is 15.2 Å². The standard InChI is InChI=1S/C15H12Cl2N4O4/c1-23-10-4-3-8(5-11(10)24-2)14-19-12(25-20-14)7-21-15(22)13(17)9(16)6-18-21/h3-6H,7H2,1-2H3. The summed E-state index contributed by atoms with van der Waals surface area (Å²) in [5, 5.41) is 7.76. The van der Waals surface area contributed by atoms with Gasteiger partial charge in [-0.25, -0.2) is 4.68 Å². The number of hydrogen-bond acceptors (Lipinski definition) is 7. The fraction of sp³-hybridized carbons (Fsp3) is 0.200. The minimum absolute atomic E-state index is 0.0317. The van der Waals surface area contributed by atoms with E-state index < -0.39 is 5.56 Å². The highest BCUT2D eigenvalue weighted by atomic mass is 35.5. The van der Waals surface area contributed by atoms with Gasteiger partial charge in [-0.3, -0.25) is 4.79 Å². The van der Waals surface area contributed by atoms with Gasteiger partial charge in [-0.1, -0.05) is 28.4 Å². The van der Waals surface area contributed by atoms with Crippen LogP contribution in [0, 0.1) is 0 Å². The van der Waals surface area contributed by atoms with Crippen LogP contribution in [0.4, 0.5) is 0 Å². The molecule has 0 N–H and O–H groups in total. The molecule has 2 heterocycles. The molecule has 0 bridgehead atoms. The first kappa shape index (κ1) is 17.2. The van der Waals surface area contributed by atoms with E-state index in [1.54, 1.807) is 25.3 Å². The van der Waals surface area contributed by atoms with Crippen LogP contribution in [0.1, 0.15) is 5.89 Å². The summed E-state index contributed by atoms with van der Waals surface area (Å²) in [5.41, 5.74) is 0.127. The molecule has 0 spiro atoms. The number of hydrogen-bond donors (Lipinski definition) is 0. The van der Waals surface area contributed by atoms with Crippen molar-refractivity contribution in [2.24, 2.45) is 0 Å². The number of benzene rings is 1. The predicted molar refractivity (Wildman–Crippen MR) is 90.5 cm³/mol. The average Bonchev–Trinajstić information content (AvgIpc) is 3.10. The van der Waals surface area contributed by atoms with E-state index in [9.17, 15) is 4.79 Å². The summed E-state index contributed by atoms with van der Waals surface area (Å²) >= 11 is 11.6. The first-order valence-corrected chi connectivity index (χ1v) is 7.75. The molecule has 0 radical (unpaired) electrons. The van der Waals surface area contributed by atoms with Crippen LogP contribution in [0.3, 0.4) is 0 Å². The molecule has 0 amide bonds. The van der Waals surface area contributed by atoms with Crippen molar-refractivity contribution in [1.82, 2.24) is 19.9 Å². The molecule has 25 heavy (non-hydrogen) atoms. The quantitative estimate of drug-likeness (QED) is 0.669. The van der Waals surface area contributed by atoms with Crippen LogP contribution in [0.25, 0.3) is 11.4 Å². The first-order chi connectivity index (χ1) is 12.0. The topological polar surface area (TPSA) is 92.3 Å². The lowest BCUT2D eigenvalue weighted by atomic mass is 10.2. The Morgan fingerprint density at radius 3 is 2.68 bits per heavy atom. The maximum absolute atomic E-state index is 12.0. The van der Waals surface area contributed by atoms with Gasteiger partial charge in [0.05, 0.1) is 25.4 Å². The normalized spacial score (nSPS) is 10.7. The molecule has 3 aromatic rings. The molecule has 0 aliphatic rings. The number of aromatic nitrogens is 4. The molecule has 0 fully saturated rings. The predicted octanol–water partition coefficient (Wildman–Crippen LogP) is 2.67. The van der Waals surface area contributed by atoms with Crippen LogP contribution in [0.15, 0.2) is 33.7 Å². The van der Waals surface area contributed by atoms with Gasteiger partial charge < -0.3 is 14.0 Å². The molecule has 0 unspecified atom stereocenters. The highest BCUT2D eigenvalue weighted by Crippen LogP contribution is 2.31. The second-order valence-corrected chi connectivity index (χ2v) is 5.64. The van der Waals surface area contributed by atoms with Gasteiger partial charge in [-0.2, -0.15) is 10.1 Å². The highest BCUT2D eigenvalue weighted by molar-refractivity contribution is 6.41. The fourth-order valence-electron chi connectivity index (χ4n) is 2.10. The van der Waals surface area contributed by atoms with Gasteiger partial charge in [0.25, 0.3) is 5.56 Å². The van der Waals surface area contributed by atoms with Gasteiger partial charge in [0.1, 0.15) is 11.6 Å². The number of ether oxygens (including phenoxy) is 2. The second kappa shape index (κ2) is 7.12. The zero-order valence-corrected chi connectivity index (χ0v) is 14.7. The van der Waals surface area contributed by atoms with Crippen LogP contribution in [-0.2, 0) is 6.54 Å². The summed E-state index contributed by atoms with van der Waals surface area (Å²) in [4.78, 5) is 16.2. The molecule has 0 saturated heterocycles. The summed E-state index contributed by atoms with van der Waals surface area (Å²) < 4.78 is 16.7. The number of rotatable bonds is 5. The van der Waals surface area contributed by atoms with Gasteiger partial charge in [0, 0.05) is 5.56 Å². The minimum atomic E-state index is -0.542. The summed E-state index contributed by atoms with van der Waals surface area (Å²) in [6.07, 6.45) is 1.27. The van der Waals surface area contributed by atoms with Crippen molar-refractivity contribution in [3.8, 4) is 22.9 Å². The van der Waals surface area contributed by atoms with Gasteiger partial charge in [-0.05, 0) is 18.2 Å². The smallest absolute Gasteiger partial charge is 0.287 e. The van der Waals surface area contributed by atoms with Gasteiger partial charge in [0.15, 0.2) is 11.5 Å². The Kier molecular flexibility index (Phi) is 4.91.